The molecule has 2 aromatic carbocycles. The number of aliphatic imine (C=N–C) groups is 1. The monoisotopic (exact) mass is 381 g/mol. The van der Waals surface area contributed by atoms with Crippen LogP contribution in [-0.4, -0.2) is 37.8 Å². The van der Waals surface area contributed by atoms with Gasteiger partial charge >= 0.3 is 0 Å². The zero-order valence-corrected chi connectivity index (χ0v) is 16.0. The molecular formula is C22H24FN3O2. The van der Waals surface area contributed by atoms with Gasteiger partial charge in [-0.2, -0.15) is 0 Å². The van der Waals surface area contributed by atoms with Gasteiger partial charge in [-0.1, -0.05) is 36.4 Å². The highest BCUT2D eigenvalue weighted by Crippen LogP contribution is 2.29. The van der Waals surface area contributed by atoms with Crippen LogP contribution in [0.4, 0.5) is 4.39 Å². The third kappa shape index (κ3) is 4.02. The van der Waals surface area contributed by atoms with Gasteiger partial charge in [0.15, 0.2) is 12.8 Å². The Bertz CT molecular complexity index is 896. The molecule has 0 fully saturated rings. The predicted molar refractivity (Wildman–Crippen MR) is 107 cm³/mol. The number of fused-ring (bicyclic) bond motifs is 1. The lowest BCUT2D eigenvalue weighted by molar-refractivity contribution is -0.0173. The Hall–Kier alpha value is -2.86. The van der Waals surface area contributed by atoms with E-state index >= 15 is 0 Å². The molecule has 4 rings (SSSR count). The summed E-state index contributed by atoms with van der Waals surface area (Å²) in [6.45, 7) is 2.67. The fourth-order valence-corrected chi connectivity index (χ4v) is 3.67. The first-order chi connectivity index (χ1) is 13.7. The van der Waals surface area contributed by atoms with Gasteiger partial charge < -0.3 is 19.7 Å². The number of nitrogens with zero attached hydrogens (tertiary/aromatic N) is 2. The highest BCUT2D eigenvalue weighted by atomic mass is 19.1. The summed E-state index contributed by atoms with van der Waals surface area (Å²) in [6.07, 6.45) is 3.21. The maximum atomic E-state index is 13.9. The average molecular weight is 381 g/mol. The summed E-state index contributed by atoms with van der Waals surface area (Å²) in [6, 6.07) is 13.4. The number of guanidine groups is 1. The Labute approximate surface area is 164 Å². The van der Waals surface area contributed by atoms with Gasteiger partial charge in [0.05, 0.1) is 6.61 Å². The Morgan fingerprint density at radius 3 is 2.86 bits per heavy atom. The number of nitrogens with one attached hydrogen (secondary N) is 1. The van der Waals surface area contributed by atoms with Crippen LogP contribution in [0.3, 0.4) is 0 Å². The van der Waals surface area contributed by atoms with Crippen molar-refractivity contribution in [1.29, 1.82) is 0 Å². The first-order valence-electron chi connectivity index (χ1n) is 9.46. The second-order valence-electron chi connectivity index (χ2n) is 6.86. The van der Waals surface area contributed by atoms with Crippen molar-refractivity contribution in [3.63, 3.8) is 0 Å². The third-order valence-corrected chi connectivity index (χ3v) is 5.05. The second-order valence-corrected chi connectivity index (χ2v) is 6.86. The van der Waals surface area contributed by atoms with Crippen molar-refractivity contribution < 1.29 is 13.9 Å². The summed E-state index contributed by atoms with van der Waals surface area (Å²) in [4.78, 5) is 6.60. The molecule has 0 atom stereocenters. The molecule has 0 aromatic heterocycles. The van der Waals surface area contributed by atoms with Crippen LogP contribution >= 0.6 is 0 Å². The molecule has 0 radical (unpaired) electrons. The minimum atomic E-state index is -0.284. The zero-order valence-electron chi connectivity index (χ0n) is 16.0. The summed E-state index contributed by atoms with van der Waals surface area (Å²) in [5, 5.41) is 3.35. The van der Waals surface area contributed by atoms with Crippen molar-refractivity contribution in [3.8, 4) is 5.75 Å². The van der Waals surface area contributed by atoms with Gasteiger partial charge in [-0.15, -0.1) is 0 Å². The van der Waals surface area contributed by atoms with E-state index < -0.39 is 0 Å². The molecule has 28 heavy (non-hydrogen) atoms. The van der Waals surface area contributed by atoms with Crippen LogP contribution < -0.4 is 10.1 Å². The number of hydrogen-bond donors (Lipinski definition) is 1. The highest BCUT2D eigenvalue weighted by molar-refractivity contribution is 5.81. The SMILES string of the molecule is CN=C(NCc1cc(F)cc2c1OCOC2)N1CC=C(c2ccccc2)CC1. The maximum absolute atomic E-state index is 13.9. The molecule has 0 unspecified atom stereocenters. The molecule has 0 bridgehead atoms. The quantitative estimate of drug-likeness (QED) is 0.652. The number of hydrogen-bond acceptors (Lipinski definition) is 3. The average Bonchev–Trinajstić information content (AvgIpc) is 2.75. The van der Waals surface area contributed by atoms with Crippen molar-refractivity contribution in [2.75, 3.05) is 26.9 Å². The molecule has 1 N–H and O–H groups in total. The van der Waals surface area contributed by atoms with Gasteiger partial charge in [0.1, 0.15) is 11.6 Å². The number of benzene rings is 2. The van der Waals surface area contributed by atoms with Crippen LogP contribution in [0.5, 0.6) is 5.75 Å². The van der Waals surface area contributed by atoms with Crippen LogP contribution in [0.25, 0.3) is 5.57 Å². The molecule has 2 heterocycles. The highest BCUT2D eigenvalue weighted by Gasteiger charge is 2.19. The summed E-state index contributed by atoms with van der Waals surface area (Å²) in [5.41, 5.74) is 4.15. The van der Waals surface area contributed by atoms with Crippen molar-refractivity contribution in [3.05, 3.63) is 71.0 Å². The minimum Gasteiger partial charge on any atom is -0.467 e. The van der Waals surface area contributed by atoms with Crippen LogP contribution in [0.15, 0.2) is 53.5 Å². The second kappa shape index (κ2) is 8.44. The Kier molecular flexibility index (Phi) is 5.58. The van der Waals surface area contributed by atoms with Crippen molar-refractivity contribution >= 4 is 11.5 Å². The maximum Gasteiger partial charge on any atom is 0.194 e. The first-order valence-corrected chi connectivity index (χ1v) is 9.46. The molecule has 2 aromatic rings. The number of rotatable bonds is 3. The molecule has 0 saturated carbocycles. The molecule has 0 amide bonds. The standard InChI is InChI=1S/C22H24FN3O2/c1-24-22(26-9-7-17(8-10-26)16-5-3-2-4-6-16)25-13-18-11-20(23)12-19-14-27-15-28-21(18)19/h2-7,11-12H,8-10,13-15H2,1H3,(H,24,25). The largest absolute Gasteiger partial charge is 0.467 e. The number of ether oxygens (including phenoxy) is 2. The van der Waals surface area contributed by atoms with Gasteiger partial charge in [0.25, 0.3) is 0 Å². The topological polar surface area (TPSA) is 46.1 Å². The Morgan fingerprint density at radius 1 is 1.25 bits per heavy atom. The van der Waals surface area contributed by atoms with Crippen LogP contribution in [0, 0.1) is 5.82 Å². The molecule has 0 saturated heterocycles. The van der Waals surface area contributed by atoms with Crippen LogP contribution in [0.2, 0.25) is 0 Å². The minimum absolute atomic E-state index is 0.194. The molecular weight excluding hydrogens is 357 g/mol. The van der Waals surface area contributed by atoms with Crippen LogP contribution in [-0.2, 0) is 17.9 Å². The predicted octanol–water partition coefficient (Wildman–Crippen LogP) is 3.56. The molecule has 0 aliphatic carbocycles. The lowest BCUT2D eigenvalue weighted by atomic mass is 10.00. The van der Waals surface area contributed by atoms with E-state index in [1.807, 2.05) is 6.07 Å². The van der Waals surface area contributed by atoms with E-state index in [2.05, 4.69) is 45.6 Å². The molecule has 6 heteroatoms. The Morgan fingerprint density at radius 2 is 2.11 bits per heavy atom. The lowest BCUT2D eigenvalue weighted by Crippen LogP contribution is -2.43. The van der Waals surface area contributed by atoms with E-state index in [0.29, 0.717) is 18.9 Å². The van der Waals surface area contributed by atoms with Gasteiger partial charge in [-0.25, -0.2) is 4.39 Å². The molecule has 2 aliphatic heterocycles. The fraction of sp³-hybridized carbons (Fsp3) is 0.318. The zero-order chi connectivity index (χ0) is 19.3. The van der Waals surface area contributed by atoms with E-state index in [4.69, 9.17) is 9.47 Å². The summed E-state index contributed by atoms with van der Waals surface area (Å²) in [5.74, 6) is 1.22. The molecule has 0 spiro atoms. The first kappa shape index (κ1) is 18.5. The summed E-state index contributed by atoms with van der Waals surface area (Å²) in [7, 11) is 1.77. The molecule has 146 valence electrons. The summed E-state index contributed by atoms with van der Waals surface area (Å²) >= 11 is 0. The van der Waals surface area contributed by atoms with E-state index in [1.165, 1.54) is 23.3 Å². The van der Waals surface area contributed by atoms with Crippen molar-refractivity contribution in [2.24, 2.45) is 4.99 Å². The van der Waals surface area contributed by atoms with E-state index in [1.54, 1.807) is 7.05 Å². The smallest absolute Gasteiger partial charge is 0.194 e. The normalized spacial score (nSPS) is 16.9. The van der Waals surface area contributed by atoms with E-state index in [9.17, 15) is 4.39 Å². The van der Waals surface area contributed by atoms with Gasteiger partial charge in [-0.3, -0.25) is 4.99 Å². The van der Waals surface area contributed by atoms with Gasteiger partial charge in [0, 0.05) is 37.8 Å². The molecule has 5 nitrogen and oxygen atoms in total. The van der Waals surface area contributed by atoms with E-state index in [-0.39, 0.29) is 12.6 Å². The number of halogens is 1. The lowest BCUT2D eigenvalue weighted by Gasteiger charge is -2.30. The van der Waals surface area contributed by atoms with E-state index in [0.717, 1.165) is 36.6 Å². The Balaban J connectivity index is 1.43. The van der Waals surface area contributed by atoms with Crippen molar-refractivity contribution in [2.45, 2.75) is 19.6 Å². The fourth-order valence-electron chi connectivity index (χ4n) is 3.67. The molecule has 2 aliphatic rings. The van der Waals surface area contributed by atoms with Gasteiger partial charge in [-0.05, 0) is 29.7 Å². The van der Waals surface area contributed by atoms with Crippen molar-refractivity contribution in [1.82, 2.24) is 10.2 Å². The summed E-state index contributed by atoms with van der Waals surface area (Å²) < 4.78 is 24.8. The van der Waals surface area contributed by atoms with Gasteiger partial charge in [0.2, 0.25) is 0 Å². The van der Waals surface area contributed by atoms with Crippen LogP contribution in [0.1, 0.15) is 23.1 Å². The third-order valence-electron chi connectivity index (χ3n) is 5.05.